The van der Waals surface area contributed by atoms with Crippen molar-refractivity contribution in [1.29, 1.82) is 0 Å². The largest absolute Gasteiger partial charge is 0.481 e. The van der Waals surface area contributed by atoms with E-state index in [9.17, 15) is 24.0 Å². The fraction of sp³-hybridized carbons (Fsp3) is 0.688. The second-order valence-electron chi connectivity index (χ2n) is 6.59. The molecule has 0 aromatic rings. The van der Waals surface area contributed by atoms with E-state index in [1.807, 2.05) is 13.8 Å². The molecule has 0 saturated heterocycles. The number of carbonyl (C=O) groups excluding carboxylic acids is 3. The van der Waals surface area contributed by atoms with Crippen LogP contribution in [0.2, 0.25) is 0 Å². The minimum atomic E-state index is -1.28. The van der Waals surface area contributed by atoms with Gasteiger partial charge in [0.15, 0.2) is 0 Å². The number of hydrogen-bond acceptors (Lipinski definition) is 7. The summed E-state index contributed by atoms with van der Waals surface area (Å²) in [6.07, 6.45) is -0.205. The number of carboxylic acid groups (broad SMARTS) is 2. The van der Waals surface area contributed by atoms with Crippen LogP contribution in [0.1, 0.15) is 33.1 Å². The van der Waals surface area contributed by atoms with Gasteiger partial charge in [-0.2, -0.15) is 12.6 Å². The number of nitrogens with one attached hydrogen (secondary N) is 3. The normalized spacial score (nSPS) is 13.9. The van der Waals surface area contributed by atoms with Gasteiger partial charge in [0.1, 0.15) is 12.1 Å². The van der Waals surface area contributed by atoms with Crippen molar-refractivity contribution in [2.75, 3.05) is 12.3 Å². The van der Waals surface area contributed by atoms with E-state index in [1.165, 1.54) is 0 Å². The van der Waals surface area contributed by atoms with Crippen LogP contribution in [0.4, 0.5) is 0 Å². The minimum Gasteiger partial charge on any atom is -0.481 e. The Bertz CT molecular complexity index is 585. The summed E-state index contributed by atoms with van der Waals surface area (Å²) in [5, 5.41) is 24.5. The molecular formula is C16H28N4O7S. The molecule has 0 bridgehead atoms. The van der Waals surface area contributed by atoms with Gasteiger partial charge in [-0.3, -0.25) is 19.2 Å². The average molecular weight is 420 g/mol. The maximum absolute atomic E-state index is 12.3. The van der Waals surface area contributed by atoms with Gasteiger partial charge in [-0.25, -0.2) is 4.79 Å². The van der Waals surface area contributed by atoms with E-state index in [0.717, 1.165) is 0 Å². The number of aliphatic carboxylic acids is 2. The molecule has 0 aromatic heterocycles. The Hall–Kier alpha value is -2.34. The molecule has 0 aromatic carbocycles. The molecule has 0 radical (unpaired) electrons. The molecule has 0 aliphatic carbocycles. The van der Waals surface area contributed by atoms with Crippen LogP contribution in [0.5, 0.6) is 0 Å². The van der Waals surface area contributed by atoms with Crippen LogP contribution in [0, 0.1) is 5.92 Å². The fourth-order valence-corrected chi connectivity index (χ4v) is 2.40. The first kappa shape index (κ1) is 25.7. The SMILES string of the molecule is CC(C)CC(N)C(=O)NC(CCC(=O)O)C(=O)NCC(=O)NC(CS)C(=O)O. The molecule has 0 rings (SSSR count). The lowest BCUT2D eigenvalue weighted by molar-refractivity contribution is -0.141. The van der Waals surface area contributed by atoms with Crippen LogP contribution in [0.15, 0.2) is 0 Å². The topological polar surface area (TPSA) is 188 Å². The number of hydrogen-bond donors (Lipinski definition) is 7. The molecule has 11 nitrogen and oxygen atoms in total. The van der Waals surface area contributed by atoms with Crippen LogP contribution in [-0.4, -0.2) is 70.3 Å². The summed E-state index contributed by atoms with van der Waals surface area (Å²) < 4.78 is 0. The van der Waals surface area contributed by atoms with E-state index in [1.54, 1.807) is 0 Å². The third kappa shape index (κ3) is 10.7. The first-order chi connectivity index (χ1) is 13.0. The van der Waals surface area contributed by atoms with Gasteiger partial charge in [0.2, 0.25) is 17.7 Å². The zero-order chi connectivity index (χ0) is 21.9. The summed E-state index contributed by atoms with van der Waals surface area (Å²) in [7, 11) is 0. The van der Waals surface area contributed by atoms with Crippen molar-refractivity contribution in [2.24, 2.45) is 11.7 Å². The van der Waals surface area contributed by atoms with Gasteiger partial charge in [0.05, 0.1) is 12.6 Å². The summed E-state index contributed by atoms with van der Waals surface area (Å²) in [6.45, 7) is 3.19. The lowest BCUT2D eigenvalue weighted by Gasteiger charge is -2.21. The smallest absolute Gasteiger partial charge is 0.327 e. The van der Waals surface area contributed by atoms with Crippen molar-refractivity contribution in [1.82, 2.24) is 16.0 Å². The van der Waals surface area contributed by atoms with Crippen molar-refractivity contribution in [3.8, 4) is 0 Å². The third-order valence-corrected chi connectivity index (χ3v) is 3.95. The molecule has 0 fully saturated rings. The number of thiol groups is 1. The Morgan fingerprint density at radius 3 is 2.07 bits per heavy atom. The van der Waals surface area contributed by atoms with Gasteiger partial charge in [0.25, 0.3) is 0 Å². The third-order valence-electron chi connectivity index (χ3n) is 3.58. The molecular weight excluding hydrogens is 392 g/mol. The molecule has 0 aliphatic heterocycles. The lowest BCUT2D eigenvalue weighted by atomic mass is 10.0. The number of amides is 3. The number of rotatable bonds is 13. The van der Waals surface area contributed by atoms with Gasteiger partial charge >= 0.3 is 11.9 Å². The molecule has 0 heterocycles. The van der Waals surface area contributed by atoms with Gasteiger partial charge < -0.3 is 31.9 Å². The molecule has 12 heteroatoms. The van der Waals surface area contributed by atoms with Gasteiger partial charge in [-0.15, -0.1) is 0 Å². The molecule has 28 heavy (non-hydrogen) atoms. The number of carbonyl (C=O) groups is 5. The van der Waals surface area contributed by atoms with Crippen molar-refractivity contribution in [2.45, 2.75) is 51.2 Å². The fourth-order valence-electron chi connectivity index (χ4n) is 2.15. The standard InChI is InChI=1S/C16H28N4O7S/c1-8(2)5-9(17)14(24)20-10(3-4-13(22)23)15(25)18-6-12(21)19-11(7-28)16(26)27/h8-11,28H,3-7,17H2,1-2H3,(H,18,25)(H,19,21)(H,20,24)(H,22,23)(H,26,27). The lowest BCUT2D eigenvalue weighted by Crippen LogP contribution is -2.53. The summed E-state index contributed by atoms with van der Waals surface area (Å²) in [4.78, 5) is 57.8. The van der Waals surface area contributed by atoms with E-state index >= 15 is 0 Å². The zero-order valence-electron chi connectivity index (χ0n) is 15.8. The maximum atomic E-state index is 12.3. The summed E-state index contributed by atoms with van der Waals surface area (Å²) in [5.41, 5.74) is 5.76. The summed E-state index contributed by atoms with van der Waals surface area (Å²) in [5.74, 6) is -4.59. The Morgan fingerprint density at radius 2 is 1.61 bits per heavy atom. The average Bonchev–Trinajstić information content (AvgIpc) is 2.59. The van der Waals surface area contributed by atoms with Crippen molar-refractivity contribution in [3.05, 3.63) is 0 Å². The van der Waals surface area contributed by atoms with E-state index in [2.05, 4.69) is 28.6 Å². The number of nitrogens with two attached hydrogens (primary N) is 1. The molecule has 0 spiro atoms. The quantitative estimate of drug-likeness (QED) is 0.172. The van der Waals surface area contributed by atoms with Gasteiger partial charge in [0, 0.05) is 12.2 Å². The maximum Gasteiger partial charge on any atom is 0.327 e. The monoisotopic (exact) mass is 420 g/mol. The molecule has 3 amide bonds. The molecule has 3 unspecified atom stereocenters. The van der Waals surface area contributed by atoms with E-state index in [-0.39, 0.29) is 24.5 Å². The van der Waals surface area contributed by atoms with Gasteiger partial charge in [-0.1, -0.05) is 13.8 Å². The Morgan fingerprint density at radius 1 is 1.00 bits per heavy atom. The Kier molecular flexibility index (Phi) is 11.9. The van der Waals surface area contributed by atoms with Crippen molar-refractivity contribution >= 4 is 42.3 Å². The molecule has 160 valence electrons. The van der Waals surface area contributed by atoms with Crippen LogP contribution >= 0.6 is 12.6 Å². The van der Waals surface area contributed by atoms with Crippen LogP contribution in [0.3, 0.4) is 0 Å². The Labute approximate surface area is 168 Å². The van der Waals surface area contributed by atoms with Crippen molar-refractivity contribution < 1.29 is 34.2 Å². The van der Waals surface area contributed by atoms with Crippen LogP contribution in [0.25, 0.3) is 0 Å². The molecule has 0 saturated carbocycles. The molecule has 3 atom stereocenters. The first-order valence-corrected chi connectivity index (χ1v) is 9.29. The predicted octanol–water partition coefficient (Wildman–Crippen LogP) is -1.68. The minimum absolute atomic E-state index is 0.139. The van der Waals surface area contributed by atoms with Gasteiger partial charge in [-0.05, 0) is 18.8 Å². The predicted molar refractivity (Wildman–Crippen MR) is 103 cm³/mol. The second kappa shape index (κ2) is 12.9. The van der Waals surface area contributed by atoms with Crippen LogP contribution in [-0.2, 0) is 24.0 Å². The second-order valence-corrected chi connectivity index (χ2v) is 6.95. The van der Waals surface area contributed by atoms with Crippen LogP contribution < -0.4 is 21.7 Å². The summed E-state index contributed by atoms with van der Waals surface area (Å²) >= 11 is 3.80. The first-order valence-electron chi connectivity index (χ1n) is 8.66. The zero-order valence-corrected chi connectivity index (χ0v) is 16.7. The highest BCUT2D eigenvalue weighted by Crippen LogP contribution is 2.04. The number of carboxylic acids is 2. The summed E-state index contributed by atoms with van der Waals surface area (Å²) in [6, 6.07) is -3.28. The highest BCUT2D eigenvalue weighted by molar-refractivity contribution is 7.80. The van der Waals surface area contributed by atoms with E-state index < -0.39 is 54.3 Å². The highest BCUT2D eigenvalue weighted by Gasteiger charge is 2.25. The van der Waals surface area contributed by atoms with E-state index in [0.29, 0.717) is 6.42 Å². The molecule has 0 aliphatic rings. The molecule has 7 N–H and O–H groups in total. The van der Waals surface area contributed by atoms with E-state index in [4.69, 9.17) is 15.9 Å². The Balaban J connectivity index is 4.83. The van der Waals surface area contributed by atoms with Crippen molar-refractivity contribution in [3.63, 3.8) is 0 Å². The highest BCUT2D eigenvalue weighted by atomic mass is 32.1.